The van der Waals surface area contributed by atoms with Crippen LogP contribution in [0.1, 0.15) is 32.3 Å². The van der Waals surface area contributed by atoms with Crippen LogP contribution in [0.15, 0.2) is 42.5 Å². The zero-order valence-corrected chi connectivity index (χ0v) is 17.4. The van der Waals surface area contributed by atoms with E-state index in [1.165, 1.54) is 12.1 Å². The predicted molar refractivity (Wildman–Crippen MR) is 112 cm³/mol. The number of anilines is 2. The van der Waals surface area contributed by atoms with E-state index in [1.54, 1.807) is 37.4 Å². The van der Waals surface area contributed by atoms with Crippen molar-refractivity contribution in [2.75, 3.05) is 17.7 Å². The molecule has 2 aliphatic heterocycles. The number of quaternary nitrogens is 1. The number of amides is 2. The summed E-state index contributed by atoms with van der Waals surface area (Å²) < 4.78 is 19.3. The van der Waals surface area contributed by atoms with Crippen molar-refractivity contribution in [2.45, 2.75) is 38.3 Å². The van der Waals surface area contributed by atoms with Crippen LogP contribution >= 0.6 is 0 Å². The Morgan fingerprint density at radius 3 is 2.70 bits per heavy atom. The second-order valence-electron chi connectivity index (χ2n) is 8.58. The highest BCUT2D eigenvalue weighted by Gasteiger charge is 2.64. The highest BCUT2D eigenvalue weighted by molar-refractivity contribution is 6.09. The highest BCUT2D eigenvalue weighted by Crippen LogP contribution is 2.44. The fourth-order valence-electron chi connectivity index (χ4n) is 4.86. The Kier molecular flexibility index (Phi) is 5.24. The minimum atomic E-state index is -1.16. The second kappa shape index (κ2) is 7.72. The summed E-state index contributed by atoms with van der Waals surface area (Å²) >= 11 is 0. The molecule has 0 aromatic heterocycles. The first-order valence-corrected chi connectivity index (χ1v) is 10.3. The van der Waals surface area contributed by atoms with Crippen LogP contribution in [-0.2, 0) is 15.1 Å². The summed E-state index contributed by atoms with van der Waals surface area (Å²) in [6, 6.07) is 11.4. The molecule has 0 radical (unpaired) electrons. The molecule has 2 amide bonds. The van der Waals surface area contributed by atoms with E-state index in [9.17, 15) is 14.0 Å². The van der Waals surface area contributed by atoms with E-state index in [4.69, 9.17) is 4.74 Å². The minimum Gasteiger partial charge on any atom is -0.497 e. The molecular formula is C23H27FN3O3+. The molecule has 158 valence electrons. The van der Waals surface area contributed by atoms with Gasteiger partial charge in [0.05, 0.1) is 18.8 Å². The van der Waals surface area contributed by atoms with Crippen LogP contribution in [0.25, 0.3) is 0 Å². The Hall–Kier alpha value is -2.93. The summed E-state index contributed by atoms with van der Waals surface area (Å²) in [5.74, 6) is -0.427. The van der Waals surface area contributed by atoms with Crippen molar-refractivity contribution < 1.29 is 24.0 Å². The van der Waals surface area contributed by atoms with E-state index in [0.717, 1.165) is 6.42 Å². The lowest BCUT2D eigenvalue weighted by atomic mass is 9.79. The van der Waals surface area contributed by atoms with Gasteiger partial charge in [0.1, 0.15) is 17.5 Å². The van der Waals surface area contributed by atoms with Gasteiger partial charge in [0.15, 0.2) is 0 Å². The topological polar surface area (TPSA) is 84.0 Å². The lowest BCUT2D eigenvalue weighted by Gasteiger charge is -2.26. The molecule has 2 heterocycles. The van der Waals surface area contributed by atoms with Crippen molar-refractivity contribution in [1.29, 1.82) is 0 Å². The fraction of sp³-hybridized carbons (Fsp3) is 0.391. The van der Waals surface area contributed by atoms with E-state index in [-0.39, 0.29) is 17.9 Å². The van der Waals surface area contributed by atoms with Crippen molar-refractivity contribution >= 4 is 23.2 Å². The predicted octanol–water partition coefficient (Wildman–Crippen LogP) is 2.62. The molecule has 0 unspecified atom stereocenters. The van der Waals surface area contributed by atoms with Gasteiger partial charge in [-0.1, -0.05) is 13.8 Å². The number of benzene rings is 2. The van der Waals surface area contributed by atoms with Crippen molar-refractivity contribution in [3.63, 3.8) is 0 Å². The molecule has 4 N–H and O–H groups in total. The summed E-state index contributed by atoms with van der Waals surface area (Å²) in [4.78, 5) is 26.6. The standard InChI is InChI=1S/C23H26FN3O3/c1-13(2)10-16-12-19(21(28)25-15-5-7-17(30-3)8-6-15)23(27-16)18-11-14(24)4-9-20(18)26-22(23)29/h4-9,11,13,16,19,27H,10,12H2,1-3H3,(H,25,28)(H,26,29)/p+1/t16-,19+,23-/m0/s1. The Morgan fingerprint density at radius 2 is 2.03 bits per heavy atom. The Morgan fingerprint density at radius 1 is 1.30 bits per heavy atom. The number of carbonyl (C=O) groups excluding carboxylic acids is 2. The molecule has 6 nitrogen and oxygen atoms in total. The van der Waals surface area contributed by atoms with Gasteiger partial charge in [-0.25, -0.2) is 4.39 Å². The summed E-state index contributed by atoms with van der Waals surface area (Å²) in [5, 5.41) is 7.78. The molecule has 0 saturated carbocycles. The molecule has 30 heavy (non-hydrogen) atoms. The van der Waals surface area contributed by atoms with Gasteiger partial charge in [0, 0.05) is 24.1 Å². The Labute approximate surface area is 175 Å². The molecule has 1 fully saturated rings. The van der Waals surface area contributed by atoms with Crippen LogP contribution in [0, 0.1) is 17.7 Å². The normalized spacial score (nSPS) is 24.8. The van der Waals surface area contributed by atoms with Gasteiger partial charge in [-0.2, -0.15) is 0 Å². The summed E-state index contributed by atoms with van der Waals surface area (Å²) in [6.07, 6.45) is 1.41. The molecular weight excluding hydrogens is 385 g/mol. The van der Waals surface area contributed by atoms with Crippen LogP contribution in [0.4, 0.5) is 15.8 Å². The van der Waals surface area contributed by atoms with Crippen LogP contribution in [0.2, 0.25) is 0 Å². The quantitative estimate of drug-likeness (QED) is 0.706. The van der Waals surface area contributed by atoms with E-state index >= 15 is 0 Å². The first kappa shape index (κ1) is 20.3. The number of carbonyl (C=O) groups is 2. The first-order chi connectivity index (χ1) is 14.3. The van der Waals surface area contributed by atoms with Crippen LogP contribution in [0.5, 0.6) is 5.75 Å². The third-order valence-corrected chi connectivity index (χ3v) is 6.09. The molecule has 0 aliphatic carbocycles. The Balaban J connectivity index is 1.69. The van der Waals surface area contributed by atoms with Gasteiger partial charge < -0.3 is 20.7 Å². The number of ether oxygens (including phenoxy) is 1. The van der Waals surface area contributed by atoms with E-state index in [2.05, 4.69) is 24.5 Å². The monoisotopic (exact) mass is 412 g/mol. The van der Waals surface area contributed by atoms with E-state index < -0.39 is 17.3 Å². The number of nitrogens with two attached hydrogens (primary N) is 1. The average molecular weight is 412 g/mol. The molecule has 2 aliphatic rings. The van der Waals surface area contributed by atoms with Crippen molar-refractivity contribution in [3.05, 3.63) is 53.8 Å². The summed E-state index contributed by atoms with van der Waals surface area (Å²) in [7, 11) is 1.58. The second-order valence-corrected chi connectivity index (χ2v) is 8.58. The van der Waals surface area contributed by atoms with Gasteiger partial charge in [0.2, 0.25) is 11.4 Å². The maximum Gasteiger partial charge on any atom is 0.291 e. The van der Waals surface area contributed by atoms with E-state index in [1.807, 2.05) is 5.32 Å². The number of methoxy groups -OCH3 is 1. The van der Waals surface area contributed by atoms with Crippen molar-refractivity contribution in [2.24, 2.45) is 11.8 Å². The zero-order valence-electron chi connectivity index (χ0n) is 17.4. The molecule has 3 atom stereocenters. The maximum absolute atomic E-state index is 14.1. The minimum absolute atomic E-state index is 0.0941. The van der Waals surface area contributed by atoms with Crippen LogP contribution in [-0.4, -0.2) is 25.0 Å². The van der Waals surface area contributed by atoms with Crippen molar-refractivity contribution in [3.8, 4) is 5.75 Å². The fourth-order valence-corrected chi connectivity index (χ4v) is 4.86. The molecule has 2 aromatic carbocycles. The molecule has 4 rings (SSSR count). The highest BCUT2D eigenvalue weighted by atomic mass is 19.1. The average Bonchev–Trinajstić information content (AvgIpc) is 3.21. The maximum atomic E-state index is 14.1. The zero-order chi connectivity index (χ0) is 21.5. The Bertz CT molecular complexity index is 976. The van der Waals surface area contributed by atoms with Crippen LogP contribution in [0.3, 0.4) is 0 Å². The lowest BCUT2D eigenvalue weighted by Crippen LogP contribution is -2.98. The van der Waals surface area contributed by atoms with Gasteiger partial charge >= 0.3 is 0 Å². The number of nitrogens with one attached hydrogen (secondary N) is 2. The smallest absolute Gasteiger partial charge is 0.291 e. The number of hydrogen-bond donors (Lipinski definition) is 3. The summed E-state index contributed by atoms with van der Waals surface area (Å²) in [5.41, 5.74) is 0.591. The van der Waals surface area contributed by atoms with Gasteiger partial charge in [0.25, 0.3) is 5.91 Å². The SMILES string of the molecule is COc1ccc(NC(=O)[C@H]2C[C@H](CC(C)C)[NH2+][C@]23C(=O)Nc2ccc(F)cc23)cc1. The third-order valence-electron chi connectivity index (χ3n) is 6.09. The van der Waals surface area contributed by atoms with Gasteiger partial charge in [-0.15, -0.1) is 0 Å². The molecule has 2 aromatic rings. The molecule has 0 bridgehead atoms. The number of hydrogen-bond acceptors (Lipinski definition) is 3. The van der Waals surface area contributed by atoms with Gasteiger partial charge in [-0.3, -0.25) is 9.59 Å². The van der Waals surface area contributed by atoms with E-state index in [0.29, 0.717) is 35.0 Å². The largest absolute Gasteiger partial charge is 0.497 e. The van der Waals surface area contributed by atoms with Crippen LogP contribution < -0.4 is 20.7 Å². The number of halogens is 1. The molecule has 1 spiro atoms. The lowest BCUT2D eigenvalue weighted by molar-refractivity contribution is -0.733. The van der Waals surface area contributed by atoms with Crippen molar-refractivity contribution in [1.82, 2.24) is 0 Å². The van der Waals surface area contributed by atoms with Gasteiger partial charge in [-0.05, 0) is 48.4 Å². The summed E-state index contributed by atoms with van der Waals surface area (Å²) in [6.45, 7) is 4.24. The molecule has 7 heteroatoms. The third kappa shape index (κ3) is 3.43. The first-order valence-electron chi connectivity index (χ1n) is 10.3. The molecule has 1 saturated heterocycles. The number of fused-ring (bicyclic) bond motifs is 2. The number of rotatable bonds is 5.